The van der Waals surface area contributed by atoms with E-state index in [2.05, 4.69) is 5.16 Å². The first-order chi connectivity index (χ1) is 4.93. The van der Waals surface area contributed by atoms with E-state index in [0.717, 1.165) is 25.2 Å². The molecular weight excluding hydrogens is 130 g/mol. The fourth-order valence-electron chi connectivity index (χ4n) is 0.762. The maximum absolute atomic E-state index is 4.88. The lowest BCUT2D eigenvalue weighted by Gasteiger charge is -1.93. The minimum absolute atomic E-state index is 0.778. The predicted molar refractivity (Wildman–Crippen MR) is 36.7 cm³/mol. The van der Waals surface area contributed by atoms with Crippen LogP contribution in [0.25, 0.3) is 0 Å². The maximum Gasteiger partial charge on any atom is 0.136 e. The molecule has 10 heavy (non-hydrogen) atoms. The molecule has 1 rings (SSSR count). The molecule has 1 aromatic rings. The Hall–Kier alpha value is -0.830. The summed E-state index contributed by atoms with van der Waals surface area (Å²) in [6, 6.07) is 1.87. The van der Waals surface area contributed by atoms with E-state index in [1.54, 1.807) is 13.3 Å². The van der Waals surface area contributed by atoms with E-state index in [1.165, 1.54) is 0 Å². The highest BCUT2D eigenvalue weighted by atomic mass is 16.5. The summed E-state index contributed by atoms with van der Waals surface area (Å²) in [5, 5.41) is 3.59. The van der Waals surface area contributed by atoms with Gasteiger partial charge in [0, 0.05) is 26.2 Å². The number of ether oxygens (including phenoxy) is 1. The van der Waals surface area contributed by atoms with Gasteiger partial charge < -0.3 is 9.26 Å². The van der Waals surface area contributed by atoms with Gasteiger partial charge in [0.2, 0.25) is 0 Å². The molecule has 0 bridgehead atoms. The Bertz CT molecular complexity index is 160. The molecule has 3 heteroatoms. The summed E-state index contributed by atoms with van der Waals surface area (Å²) in [4.78, 5) is 0. The first-order valence-corrected chi connectivity index (χ1v) is 3.32. The zero-order valence-electron chi connectivity index (χ0n) is 6.04. The number of nitrogens with zero attached hydrogens (tertiary/aromatic N) is 1. The van der Waals surface area contributed by atoms with Crippen LogP contribution < -0.4 is 0 Å². The molecule has 3 nitrogen and oxygen atoms in total. The number of hydrogen-bond acceptors (Lipinski definition) is 3. The molecule has 0 amide bonds. The van der Waals surface area contributed by atoms with Crippen LogP contribution in [0.5, 0.6) is 0 Å². The molecule has 0 spiro atoms. The van der Waals surface area contributed by atoms with E-state index in [-0.39, 0.29) is 0 Å². The summed E-state index contributed by atoms with van der Waals surface area (Å²) in [5.74, 6) is 0.928. The first kappa shape index (κ1) is 7.28. The van der Waals surface area contributed by atoms with Crippen LogP contribution in [0.2, 0.25) is 0 Å². The Kier molecular flexibility index (Phi) is 2.96. The van der Waals surface area contributed by atoms with Gasteiger partial charge in [-0.15, -0.1) is 0 Å². The van der Waals surface area contributed by atoms with Crippen molar-refractivity contribution in [2.24, 2.45) is 0 Å². The third-order valence-corrected chi connectivity index (χ3v) is 1.26. The lowest BCUT2D eigenvalue weighted by atomic mass is 10.3. The van der Waals surface area contributed by atoms with Crippen LogP contribution in [0.3, 0.4) is 0 Å². The zero-order chi connectivity index (χ0) is 7.23. The van der Waals surface area contributed by atoms with Crippen molar-refractivity contribution in [2.45, 2.75) is 12.8 Å². The molecule has 1 aromatic heterocycles. The summed E-state index contributed by atoms with van der Waals surface area (Å²) in [6.45, 7) is 0.778. The minimum Gasteiger partial charge on any atom is -0.385 e. The average molecular weight is 141 g/mol. The third kappa shape index (κ3) is 2.19. The molecule has 0 aromatic carbocycles. The van der Waals surface area contributed by atoms with Gasteiger partial charge in [-0.3, -0.25) is 0 Å². The van der Waals surface area contributed by atoms with E-state index in [1.807, 2.05) is 6.07 Å². The quantitative estimate of drug-likeness (QED) is 0.592. The molecule has 1 heterocycles. The van der Waals surface area contributed by atoms with Crippen LogP contribution in [0.4, 0.5) is 0 Å². The van der Waals surface area contributed by atoms with Crippen molar-refractivity contribution in [3.63, 3.8) is 0 Å². The second kappa shape index (κ2) is 4.06. The zero-order valence-corrected chi connectivity index (χ0v) is 6.04. The molecule has 0 aliphatic carbocycles. The molecule has 0 saturated carbocycles. The van der Waals surface area contributed by atoms with E-state index in [9.17, 15) is 0 Å². The predicted octanol–water partition coefficient (Wildman–Crippen LogP) is 1.25. The van der Waals surface area contributed by atoms with Crippen LogP contribution in [0.1, 0.15) is 12.2 Å². The monoisotopic (exact) mass is 141 g/mol. The van der Waals surface area contributed by atoms with Gasteiger partial charge in [0.1, 0.15) is 5.76 Å². The van der Waals surface area contributed by atoms with E-state index in [0.29, 0.717) is 0 Å². The highest BCUT2D eigenvalue weighted by molar-refractivity contribution is 4.92. The van der Waals surface area contributed by atoms with Crippen LogP contribution >= 0.6 is 0 Å². The van der Waals surface area contributed by atoms with Crippen LogP contribution in [-0.2, 0) is 11.2 Å². The lowest BCUT2D eigenvalue weighted by molar-refractivity contribution is 0.192. The summed E-state index contributed by atoms with van der Waals surface area (Å²) >= 11 is 0. The van der Waals surface area contributed by atoms with Gasteiger partial charge in [0.25, 0.3) is 0 Å². The van der Waals surface area contributed by atoms with Crippen LogP contribution in [0, 0.1) is 0 Å². The molecule has 0 fully saturated rings. The molecule has 0 saturated heterocycles. The van der Waals surface area contributed by atoms with E-state index < -0.39 is 0 Å². The van der Waals surface area contributed by atoms with Crippen molar-refractivity contribution in [1.29, 1.82) is 0 Å². The Morgan fingerprint density at radius 2 is 2.60 bits per heavy atom. The molecule has 0 unspecified atom stereocenters. The molecule has 56 valence electrons. The summed E-state index contributed by atoms with van der Waals surface area (Å²) in [5.41, 5.74) is 0. The number of hydrogen-bond donors (Lipinski definition) is 0. The SMILES string of the molecule is COCCCc1ccno1. The molecule has 0 aliphatic rings. The van der Waals surface area contributed by atoms with Gasteiger partial charge in [0.05, 0.1) is 6.20 Å². The Morgan fingerprint density at radius 3 is 3.20 bits per heavy atom. The Morgan fingerprint density at radius 1 is 1.70 bits per heavy atom. The summed E-state index contributed by atoms with van der Waals surface area (Å²) in [7, 11) is 1.69. The summed E-state index contributed by atoms with van der Waals surface area (Å²) in [6.07, 6.45) is 3.56. The number of aryl methyl sites for hydroxylation is 1. The van der Waals surface area contributed by atoms with Gasteiger partial charge in [-0.2, -0.15) is 0 Å². The normalized spacial score (nSPS) is 10.1. The largest absolute Gasteiger partial charge is 0.385 e. The van der Waals surface area contributed by atoms with E-state index in [4.69, 9.17) is 9.26 Å². The van der Waals surface area contributed by atoms with Gasteiger partial charge >= 0.3 is 0 Å². The van der Waals surface area contributed by atoms with Crippen molar-refractivity contribution in [2.75, 3.05) is 13.7 Å². The molecule has 0 atom stereocenters. The van der Waals surface area contributed by atoms with Gasteiger partial charge in [0.15, 0.2) is 0 Å². The fraction of sp³-hybridized carbons (Fsp3) is 0.571. The first-order valence-electron chi connectivity index (χ1n) is 3.32. The summed E-state index contributed by atoms with van der Waals surface area (Å²) < 4.78 is 9.75. The highest BCUT2D eigenvalue weighted by Gasteiger charge is 1.94. The Labute approximate surface area is 60.0 Å². The third-order valence-electron chi connectivity index (χ3n) is 1.26. The molecule has 0 N–H and O–H groups in total. The lowest BCUT2D eigenvalue weighted by Crippen LogP contribution is -1.90. The minimum atomic E-state index is 0.778. The van der Waals surface area contributed by atoms with Crippen LogP contribution in [0.15, 0.2) is 16.8 Å². The highest BCUT2D eigenvalue weighted by Crippen LogP contribution is 2.00. The smallest absolute Gasteiger partial charge is 0.136 e. The van der Waals surface area contributed by atoms with E-state index >= 15 is 0 Å². The van der Waals surface area contributed by atoms with Gasteiger partial charge in [-0.25, -0.2) is 0 Å². The molecule has 0 aliphatic heterocycles. The van der Waals surface area contributed by atoms with Crippen molar-refractivity contribution in [1.82, 2.24) is 5.16 Å². The van der Waals surface area contributed by atoms with Crippen molar-refractivity contribution in [3.05, 3.63) is 18.0 Å². The van der Waals surface area contributed by atoms with Crippen molar-refractivity contribution >= 4 is 0 Å². The Balaban J connectivity index is 2.15. The standard InChI is InChI=1S/C7H11NO2/c1-9-6-2-3-7-4-5-8-10-7/h4-5H,2-3,6H2,1H3. The molecular formula is C7H11NO2. The topological polar surface area (TPSA) is 35.3 Å². The fourth-order valence-corrected chi connectivity index (χ4v) is 0.762. The van der Waals surface area contributed by atoms with Gasteiger partial charge in [-0.05, 0) is 6.42 Å². The average Bonchev–Trinajstić information content (AvgIpc) is 2.41. The number of aromatic nitrogens is 1. The number of methoxy groups -OCH3 is 1. The van der Waals surface area contributed by atoms with Crippen LogP contribution in [-0.4, -0.2) is 18.9 Å². The van der Waals surface area contributed by atoms with Crippen molar-refractivity contribution < 1.29 is 9.26 Å². The van der Waals surface area contributed by atoms with Gasteiger partial charge in [-0.1, -0.05) is 5.16 Å². The second-order valence-electron chi connectivity index (χ2n) is 2.08. The molecule has 0 radical (unpaired) electrons. The van der Waals surface area contributed by atoms with Crippen molar-refractivity contribution in [3.8, 4) is 0 Å². The maximum atomic E-state index is 4.88. The number of rotatable bonds is 4. The second-order valence-corrected chi connectivity index (χ2v) is 2.08.